The van der Waals surface area contributed by atoms with E-state index in [9.17, 15) is 44.1 Å². The van der Waals surface area contributed by atoms with Crippen LogP contribution in [0.3, 0.4) is 0 Å². The molecule has 11 N–H and O–H groups in total. The number of phenolic OH excluding ortho intramolecular Hbond substituents is 1. The molecule has 0 aliphatic rings. The predicted octanol–water partition coefficient (Wildman–Crippen LogP) is -1.73. The first-order valence-electron chi connectivity index (χ1n) is 12.1. The summed E-state index contributed by atoms with van der Waals surface area (Å²) in [6.07, 6.45) is -0.894. The number of phenols is 1. The standard InChI is InChI=1S/C24H35N5O10/c25-10-2-1-3-16(27-21(35)15(26)11-13-4-6-14(30)7-5-13)22(36)29-18(12-20(33)34)23(37)28-17(24(38)39)8-9-19(31)32/h4-7,15-18,30H,1-3,8-12,25-26H2,(H,27,35)(H,28,37)(H,29,36)(H,31,32)(H,33,34)(H,38,39). The molecule has 4 atom stereocenters. The number of carboxylic acid groups (broad SMARTS) is 3. The van der Waals surface area contributed by atoms with E-state index in [-0.39, 0.29) is 18.6 Å². The highest BCUT2D eigenvalue weighted by atomic mass is 16.4. The van der Waals surface area contributed by atoms with E-state index < -0.39 is 79.1 Å². The number of hydrogen-bond donors (Lipinski definition) is 9. The molecule has 4 unspecified atom stereocenters. The fourth-order valence-electron chi connectivity index (χ4n) is 3.47. The van der Waals surface area contributed by atoms with Crippen molar-refractivity contribution in [1.82, 2.24) is 16.0 Å². The van der Waals surface area contributed by atoms with Gasteiger partial charge in [-0.05, 0) is 56.3 Å². The molecule has 0 radical (unpaired) electrons. The number of benzene rings is 1. The zero-order valence-corrected chi connectivity index (χ0v) is 21.2. The third-order valence-corrected chi connectivity index (χ3v) is 5.58. The van der Waals surface area contributed by atoms with Crippen LogP contribution in [-0.2, 0) is 35.2 Å². The minimum atomic E-state index is -1.72. The molecule has 0 fully saturated rings. The number of rotatable bonds is 18. The van der Waals surface area contributed by atoms with Crippen molar-refractivity contribution in [3.8, 4) is 5.75 Å². The molecule has 0 heterocycles. The van der Waals surface area contributed by atoms with Crippen molar-refractivity contribution < 1.29 is 49.2 Å². The Labute approximate surface area is 223 Å². The number of hydrogen-bond acceptors (Lipinski definition) is 9. The molecule has 1 aromatic rings. The summed E-state index contributed by atoms with van der Waals surface area (Å²) in [5.74, 6) is -7.05. The number of carbonyl (C=O) groups is 6. The Balaban J connectivity index is 2.98. The third-order valence-electron chi connectivity index (χ3n) is 5.58. The van der Waals surface area contributed by atoms with Crippen molar-refractivity contribution in [2.45, 2.75) is 69.1 Å². The SMILES string of the molecule is NCCCCC(NC(=O)C(N)Cc1ccc(O)cc1)C(=O)NC(CC(=O)O)C(=O)NC(CCC(=O)O)C(=O)O. The van der Waals surface area contributed by atoms with Gasteiger partial charge in [-0.15, -0.1) is 0 Å². The summed E-state index contributed by atoms with van der Waals surface area (Å²) in [6, 6.07) is 0.333. The summed E-state index contributed by atoms with van der Waals surface area (Å²) in [6.45, 7) is 0.305. The molecule has 0 saturated carbocycles. The van der Waals surface area contributed by atoms with E-state index in [0.717, 1.165) is 0 Å². The summed E-state index contributed by atoms with van der Waals surface area (Å²) in [5, 5.41) is 43.4. The van der Waals surface area contributed by atoms with Gasteiger partial charge in [-0.2, -0.15) is 0 Å². The number of carboxylic acids is 3. The highest BCUT2D eigenvalue weighted by molar-refractivity contribution is 5.95. The van der Waals surface area contributed by atoms with Crippen molar-refractivity contribution in [1.29, 1.82) is 0 Å². The summed E-state index contributed by atoms with van der Waals surface area (Å²) >= 11 is 0. The van der Waals surface area contributed by atoms with Crippen LogP contribution in [0, 0.1) is 0 Å². The second-order valence-corrected chi connectivity index (χ2v) is 8.81. The first-order valence-corrected chi connectivity index (χ1v) is 12.1. The van der Waals surface area contributed by atoms with Crippen LogP contribution in [0.4, 0.5) is 0 Å². The maximum Gasteiger partial charge on any atom is 0.326 e. The maximum atomic E-state index is 13.0. The first kappa shape index (κ1) is 32.8. The molecule has 0 saturated heterocycles. The molecule has 3 amide bonds. The number of nitrogens with two attached hydrogens (primary N) is 2. The topological polar surface area (TPSA) is 271 Å². The van der Waals surface area contributed by atoms with Crippen LogP contribution in [0.15, 0.2) is 24.3 Å². The molecular formula is C24H35N5O10. The molecule has 1 rings (SSSR count). The quantitative estimate of drug-likeness (QED) is 0.0917. The van der Waals surface area contributed by atoms with Gasteiger partial charge in [-0.3, -0.25) is 24.0 Å². The zero-order chi connectivity index (χ0) is 29.5. The smallest absolute Gasteiger partial charge is 0.326 e. The normalized spacial score (nSPS) is 13.8. The van der Waals surface area contributed by atoms with Gasteiger partial charge in [0.05, 0.1) is 12.5 Å². The lowest BCUT2D eigenvalue weighted by molar-refractivity contribution is -0.144. The van der Waals surface area contributed by atoms with Gasteiger partial charge in [0.25, 0.3) is 0 Å². The fourth-order valence-corrected chi connectivity index (χ4v) is 3.47. The van der Waals surface area contributed by atoms with Crippen molar-refractivity contribution in [2.75, 3.05) is 6.54 Å². The van der Waals surface area contributed by atoms with Crippen molar-refractivity contribution >= 4 is 35.6 Å². The number of unbranched alkanes of at least 4 members (excludes halogenated alkanes) is 1. The lowest BCUT2D eigenvalue weighted by Gasteiger charge is -2.24. The van der Waals surface area contributed by atoms with E-state index in [2.05, 4.69) is 10.6 Å². The second kappa shape index (κ2) is 16.6. The molecule has 1 aromatic carbocycles. The van der Waals surface area contributed by atoms with E-state index in [4.69, 9.17) is 16.6 Å². The Bertz CT molecular complexity index is 1020. The first-order chi connectivity index (χ1) is 18.3. The predicted molar refractivity (Wildman–Crippen MR) is 135 cm³/mol. The van der Waals surface area contributed by atoms with Crippen LogP contribution in [0.2, 0.25) is 0 Å². The van der Waals surface area contributed by atoms with E-state index in [1.165, 1.54) is 12.1 Å². The van der Waals surface area contributed by atoms with E-state index in [0.29, 0.717) is 24.9 Å². The van der Waals surface area contributed by atoms with Crippen LogP contribution in [0.25, 0.3) is 0 Å². The summed E-state index contributed by atoms with van der Waals surface area (Å²) in [5.41, 5.74) is 12.1. The van der Waals surface area contributed by atoms with E-state index in [1.807, 2.05) is 5.32 Å². The van der Waals surface area contributed by atoms with Crippen molar-refractivity contribution in [3.05, 3.63) is 29.8 Å². The molecule has 0 aliphatic carbocycles. The second-order valence-electron chi connectivity index (χ2n) is 8.81. The molecule has 15 nitrogen and oxygen atoms in total. The van der Waals surface area contributed by atoms with Gasteiger partial charge in [-0.25, -0.2) is 4.79 Å². The molecular weight excluding hydrogens is 518 g/mol. The minimum Gasteiger partial charge on any atom is -0.508 e. The van der Waals surface area contributed by atoms with Gasteiger partial charge >= 0.3 is 17.9 Å². The van der Waals surface area contributed by atoms with Crippen LogP contribution < -0.4 is 27.4 Å². The van der Waals surface area contributed by atoms with Gasteiger partial charge in [0.2, 0.25) is 17.7 Å². The number of aromatic hydroxyl groups is 1. The van der Waals surface area contributed by atoms with Gasteiger partial charge in [0.1, 0.15) is 23.9 Å². The summed E-state index contributed by atoms with van der Waals surface area (Å²) in [7, 11) is 0. The third kappa shape index (κ3) is 12.7. The largest absolute Gasteiger partial charge is 0.508 e. The number of nitrogens with one attached hydrogen (secondary N) is 3. The van der Waals surface area contributed by atoms with Crippen molar-refractivity contribution in [3.63, 3.8) is 0 Å². The molecule has 0 aromatic heterocycles. The van der Waals surface area contributed by atoms with E-state index in [1.54, 1.807) is 12.1 Å². The average molecular weight is 554 g/mol. The van der Waals surface area contributed by atoms with Gasteiger partial charge < -0.3 is 47.8 Å². The number of aliphatic carboxylic acids is 3. The average Bonchev–Trinajstić information content (AvgIpc) is 2.86. The molecule has 0 spiro atoms. The minimum absolute atomic E-state index is 0.0323. The maximum absolute atomic E-state index is 13.0. The lowest BCUT2D eigenvalue weighted by Crippen LogP contribution is -2.57. The zero-order valence-electron chi connectivity index (χ0n) is 21.2. The molecule has 39 heavy (non-hydrogen) atoms. The fraction of sp³-hybridized carbons (Fsp3) is 0.500. The Morgan fingerprint density at radius 2 is 1.31 bits per heavy atom. The van der Waals surface area contributed by atoms with Crippen LogP contribution in [0.5, 0.6) is 5.75 Å². The summed E-state index contributed by atoms with van der Waals surface area (Å²) < 4.78 is 0. The van der Waals surface area contributed by atoms with Gasteiger partial charge in [0.15, 0.2) is 0 Å². The Kier molecular flexibility index (Phi) is 13.9. The molecule has 0 bridgehead atoms. The molecule has 0 aliphatic heterocycles. The van der Waals surface area contributed by atoms with Gasteiger partial charge in [-0.1, -0.05) is 12.1 Å². The van der Waals surface area contributed by atoms with Crippen LogP contribution in [-0.4, -0.2) is 86.8 Å². The lowest BCUT2D eigenvalue weighted by atomic mass is 10.0. The highest BCUT2D eigenvalue weighted by Gasteiger charge is 2.31. The Hall–Kier alpha value is -4.24. The number of amides is 3. The van der Waals surface area contributed by atoms with E-state index >= 15 is 0 Å². The van der Waals surface area contributed by atoms with Crippen LogP contribution >= 0.6 is 0 Å². The Morgan fingerprint density at radius 1 is 0.744 bits per heavy atom. The molecule has 216 valence electrons. The monoisotopic (exact) mass is 553 g/mol. The Morgan fingerprint density at radius 3 is 1.85 bits per heavy atom. The number of carbonyl (C=O) groups excluding carboxylic acids is 3. The molecule has 15 heteroatoms. The van der Waals surface area contributed by atoms with Gasteiger partial charge in [0, 0.05) is 6.42 Å². The van der Waals surface area contributed by atoms with Crippen LogP contribution in [0.1, 0.15) is 44.1 Å². The highest BCUT2D eigenvalue weighted by Crippen LogP contribution is 2.11. The van der Waals surface area contributed by atoms with Crippen molar-refractivity contribution in [2.24, 2.45) is 11.5 Å². The summed E-state index contributed by atoms with van der Waals surface area (Å²) in [4.78, 5) is 71.9.